The summed E-state index contributed by atoms with van der Waals surface area (Å²) in [5.74, 6) is 0. The summed E-state index contributed by atoms with van der Waals surface area (Å²) in [6.07, 6.45) is 3.85. The number of aliphatic hydroxyl groups excluding tert-OH is 1. The number of fused-ring (bicyclic) bond motifs is 1. The van der Waals surface area contributed by atoms with Crippen LogP contribution in [0.25, 0.3) is 10.9 Å². The molecule has 1 aliphatic heterocycles. The Hall–Kier alpha value is -1.65. The zero-order chi connectivity index (χ0) is 14.7. The fourth-order valence-electron chi connectivity index (χ4n) is 2.96. The number of nitrogens with zero attached hydrogens (tertiary/aromatic N) is 2. The highest BCUT2D eigenvalue weighted by Crippen LogP contribution is 2.27. The van der Waals surface area contributed by atoms with Gasteiger partial charge in [-0.2, -0.15) is 0 Å². The van der Waals surface area contributed by atoms with E-state index in [4.69, 9.17) is 4.74 Å². The van der Waals surface area contributed by atoms with Gasteiger partial charge in [0.2, 0.25) is 0 Å². The minimum absolute atomic E-state index is 0.0361. The molecular formula is C17H22N2O2. The molecule has 1 N–H and O–H groups in total. The van der Waals surface area contributed by atoms with E-state index in [9.17, 15) is 5.11 Å². The summed E-state index contributed by atoms with van der Waals surface area (Å²) in [7, 11) is 2.08. The number of benzene rings is 1. The molecule has 21 heavy (non-hydrogen) atoms. The molecule has 1 aliphatic rings. The van der Waals surface area contributed by atoms with Crippen LogP contribution in [0.1, 0.15) is 25.0 Å². The third-order valence-electron chi connectivity index (χ3n) is 4.07. The number of aliphatic hydroxyl groups is 1. The highest BCUT2D eigenvalue weighted by atomic mass is 16.5. The van der Waals surface area contributed by atoms with Gasteiger partial charge in [0.1, 0.15) is 0 Å². The number of rotatable bonds is 4. The number of anilines is 1. The van der Waals surface area contributed by atoms with Gasteiger partial charge in [-0.25, -0.2) is 0 Å². The topological polar surface area (TPSA) is 45.6 Å². The maximum Gasteiger partial charge on any atom is 0.0854 e. The van der Waals surface area contributed by atoms with Gasteiger partial charge in [0, 0.05) is 31.3 Å². The molecule has 0 aliphatic carbocycles. The van der Waals surface area contributed by atoms with Crippen LogP contribution in [-0.2, 0) is 11.3 Å². The van der Waals surface area contributed by atoms with Crippen LogP contribution in [0, 0.1) is 0 Å². The Kier molecular flexibility index (Phi) is 4.36. The summed E-state index contributed by atoms with van der Waals surface area (Å²) < 4.78 is 5.83. The molecule has 4 heteroatoms. The van der Waals surface area contributed by atoms with E-state index in [2.05, 4.69) is 23.0 Å². The number of hydrogen-bond donors (Lipinski definition) is 1. The molecule has 1 aromatic carbocycles. The molecule has 0 amide bonds. The lowest BCUT2D eigenvalue weighted by atomic mass is 10.1. The van der Waals surface area contributed by atoms with Gasteiger partial charge in [-0.15, -0.1) is 0 Å². The van der Waals surface area contributed by atoms with Crippen LogP contribution >= 0.6 is 0 Å². The van der Waals surface area contributed by atoms with Crippen molar-refractivity contribution in [2.75, 3.05) is 25.1 Å². The average molecular weight is 286 g/mol. The molecule has 1 atom stereocenters. The van der Waals surface area contributed by atoms with Gasteiger partial charge in [-0.1, -0.05) is 18.2 Å². The van der Waals surface area contributed by atoms with Crippen molar-refractivity contribution in [3.63, 3.8) is 0 Å². The second kappa shape index (κ2) is 6.41. The van der Waals surface area contributed by atoms with Gasteiger partial charge in [-0.05, 0) is 31.4 Å². The molecule has 1 aromatic heterocycles. The average Bonchev–Trinajstić information content (AvgIpc) is 2.54. The van der Waals surface area contributed by atoms with Gasteiger partial charge >= 0.3 is 0 Å². The first-order chi connectivity index (χ1) is 10.3. The molecule has 4 nitrogen and oxygen atoms in total. The lowest BCUT2D eigenvalue weighted by Gasteiger charge is -2.29. The SMILES string of the molecule is CN(CC1CCCCO1)c1cc(CO)nc2ccccc12. The summed E-state index contributed by atoms with van der Waals surface area (Å²) in [5, 5.41) is 10.5. The molecular weight excluding hydrogens is 264 g/mol. The fourth-order valence-corrected chi connectivity index (χ4v) is 2.96. The Morgan fingerprint density at radius 1 is 1.33 bits per heavy atom. The molecule has 2 aromatic rings. The summed E-state index contributed by atoms with van der Waals surface area (Å²) in [6, 6.07) is 10.0. The number of ether oxygens (including phenoxy) is 1. The predicted octanol–water partition coefficient (Wildman–Crippen LogP) is 2.73. The highest BCUT2D eigenvalue weighted by molar-refractivity contribution is 5.91. The van der Waals surface area contributed by atoms with Crippen LogP contribution < -0.4 is 4.90 Å². The van der Waals surface area contributed by atoms with Crippen molar-refractivity contribution < 1.29 is 9.84 Å². The Labute approximate surface area is 125 Å². The summed E-state index contributed by atoms with van der Waals surface area (Å²) in [6.45, 7) is 1.71. The molecule has 0 radical (unpaired) electrons. The van der Waals surface area contributed by atoms with Crippen LogP contribution in [0.3, 0.4) is 0 Å². The predicted molar refractivity (Wildman–Crippen MR) is 84.5 cm³/mol. The van der Waals surface area contributed by atoms with Crippen LogP contribution in [0.15, 0.2) is 30.3 Å². The van der Waals surface area contributed by atoms with Crippen molar-refractivity contribution in [1.29, 1.82) is 0 Å². The van der Waals surface area contributed by atoms with Gasteiger partial charge < -0.3 is 14.7 Å². The molecule has 0 bridgehead atoms. The fraction of sp³-hybridized carbons (Fsp3) is 0.471. The van der Waals surface area contributed by atoms with Gasteiger partial charge in [-0.3, -0.25) is 4.98 Å². The molecule has 1 unspecified atom stereocenters. The van der Waals surface area contributed by atoms with Crippen LogP contribution in [0.4, 0.5) is 5.69 Å². The molecule has 1 fully saturated rings. The van der Waals surface area contributed by atoms with Crippen molar-refractivity contribution in [3.05, 3.63) is 36.0 Å². The third kappa shape index (κ3) is 3.17. The van der Waals surface area contributed by atoms with Crippen LogP contribution in [-0.4, -0.2) is 36.4 Å². The standard InChI is InChI=1S/C17H22N2O2/c1-19(11-14-6-4-5-9-21-14)17-10-13(12-20)18-16-8-3-2-7-15(16)17/h2-3,7-8,10,14,20H,4-6,9,11-12H2,1H3. The largest absolute Gasteiger partial charge is 0.390 e. The van der Waals surface area contributed by atoms with E-state index in [1.165, 1.54) is 12.8 Å². The number of hydrogen-bond acceptors (Lipinski definition) is 4. The van der Waals surface area contributed by atoms with Crippen LogP contribution in [0.5, 0.6) is 0 Å². The second-order valence-corrected chi connectivity index (χ2v) is 5.68. The summed E-state index contributed by atoms with van der Waals surface area (Å²) in [5.41, 5.74) is 2.74. The van der Waals surface area contributed by atoms with Crippen molar-refractivity contribution in [1.82, 2.24) is 4.98 Å². The number of pyridine rings is 1. The van der Waals surface area contributed by atoms with Crippen molar-refractivity contribution in [3.8, 4) is 0 Å². The summed E-state index contributed by atoms with van der Waals surface area (Å²) >= 11 is 0. The van der Waals surface area contributed by atoms with Gasteiger partial charge in [0.25, 0.3) is 0 Å². The molecule has 112 valence electrons. The van der Waals surface area contributed by atoms with Gasteiger partial charge in [0.15, 0.2) is 0 Å². The zero-order valence-corrected chi connectivity index (χ0v) is 12.5. The first kappa shape index (κ1) is 14.3. The van der Waals surface area contributed by atoms with Crippen molar-refractivity contribution >= 4 is 16.6 Å². The van der Waals surface area contributed by atoms with E-state index in [0.717, 1.165) is 36.2 Å². The first-order valence-corrected chi connectivity index (χ1v) is 7.60. The first-order valence-electron chi connectivity index (χ1n) is 7.60. The maximum absolute atomic E-state index is 9.42. The van der Waals surface area contributed by atoms with Crippen molar-refractivity contribution in [2.45, 2.75) is 32.0 Å². The monoisotopic (exact) mass is 286 g/mol. The van der Waals surface area contributed by atoms with Crippen molar-refractivity contribution in [2.24, 2.45) is 0 Å². The Bertz CT molecular complexity index is 609. The summed E-state index contributed by atoms with van der Waals surface area (Å²) in [4.78, 5) is 6.70. The normalized spacial score (nSPS) is 18.9. The Balaban J connectivity index is 1.90. The zero-order valence-electron chi connectivity index (χ0n) is 12.5. The minimum Gasteiger partial charge on any atom is -0.390 e. The van der Waals surface area contributed by atoms with E-state index in [-0.39, 0.29) is 6.61 Å². The highest BCUT2D eigenvalue weighted by Gasteiger charge is 2.17. The Morgan fingerprint density at radius 2 is 2.19 bits per heavy atom. The van der Waals surface area contributed by atoms with E-state index in [0.29, 0.717) is 11.8 Å². The Morgan fingerprint density at radius 3 is 2.95 bits per heavy atom. The molecule has 3 rings (SSSR count). The minimum atomic E-state index is -0.0361. The van der Waals surface area contributed by atoms with E-state index in [1.54, 1.807) is 0 Å². The van der Waals surface area contributed by atoms with E-state index in [1.807, 2.05) is 24.3 Å². The molecule has 2 heterocycles. The molecule has 0 spiro atoms. The lowest BCUT2D eigenvalue weighted by molar-refractivity contribution is 0.0216. The second-order valence-electron chi connectivity index (χ2n) is 5.68. The van der Waals surface area contributed by atoms with E-state index >= 15 is 0 Å². The number of aromatic nitrogens is 1. The lowest BCUT2D eigenvalue weighted by Crippen LogP contribution is -2.33. The number of para-hydroxylation sites is 1. The smallest absolute Gasteiger partial charge is 0.0854 e. The third-order valence-corrected chi connectivity index (χ3v) is 4.07. The van der Waals surface area contributed by atoms with Gasteiger partial charge in [0.05, 0.1) is 23.9 Å². The molecule has 0 saturated carbocycles. The number of likely N-dealkylation sites (N-methyl/N-ethyl adjacent to an activating group) is 1. The molecule has 1 saturated heterocycles. The maximum atomic E-state index is 9.42. The quantitative estimate of drug-likeness (QED) is 0.938. The van der Waals surface area contributed by atoms with Crippen LogP contribution in [0.2, 0.25) is 0 Å². The van der Waals surface area contributed by atoms with E-state index < -0.39 is 0 Å².